The first-order valence-corrected chi connectivity index (χ1v) is 14.0. The lowest BCUT2D eigenvalue weighted by Gasteiger charge is -2.22. The fraction of sp³-hybridized carbons (Fsp3) is 0.414. The zero-order valence-corrected chi connectivity index (χ0v) is 23.3. The number of carbonyl (C=O) groups excluding carboxylic acids is 1. The van der Waals surface area contributed by atoms with Gasteiger partial charge in [0.1, 0.15) is 10.7 Å². The number of hydrogen-bond acceptors (Lipinski definition) is 7. The van der Waals surface area contributed by atoms with E-state index in [0.717, 1.165) is 64.7 Å². The van der Waals surface area contributed by atoms with Crippen LogP contribution in [0.4, 0.5) is 0 Å². The van der Waals surface area contributed by atoms with Crippen molar-refractivity contribution in [2.45, 2.75) is 65.0 Å². The fourth-order valence-electron chi connectivity index (χ4n) is 4.61. The van der Waals surface area contributed by atoms with Crippen LogP contribution >= 0.6 is 11.3 Å². The van der Waals surface area contributed by atoms with Crippen molar-refractivity contribution in [2.24, 2.45) is 0 Å². The molecule has 2 N–H and O–H groups in total. The SMILES string of the molecule is Cc1cc(-c2ccnc(Cc3cnn(C4CCNCC4)c3)n2)ccc1CNC(=O)c1cnc(C(C)(C)C)s1. The highest BCUT2D eigenvalue weighted by atomic mass is 32.1. The first kappa shape index (κ1) is 26.2. The second-order valence-corrected chi connectivity index (χ2v) is 12.0. The predicted octanol–water partition coefficient (Wildman–Crippen LogP) is 4.85. The van der Waals surface area contributed by atoms with Crippen molar-refractivity contribution in [2.75, 3.05) is 13.1 Å². The van der Waals surface area contributed by atoms with Crippen LogP contribution in [0.2, 0.25) is 0 Å². The molecule has 0 atom stereocenters. The molecule has 5 rings (SSSR count). The molecule has 9 heteroatoms. The maximum Gasteiger partial charge on any atom is 0.263 e. The van der Waals surface area contributed by atoms with Crippen LogP contribution in [0.1, 0.15) is 76.8 Å². The van der Waals surface area contributed by atoms with E-state index in [-0.39, 0.29) is 11.3 Å². The minimum Gasteiger partial charge on any atom is -0.347 e. The Morgan fingerprint density at radius 3 is 2.71 bits per heavy atom. The third-order valence-corrected chi connectivity index (χ3v) is 8.28. The lowest BCUT2D eigenvalue weighted by Crippen LogP contribution is -2.29. The molecule has 4 aromatic rings. The molecule has 0 unspecified atom stereocenters. The van der Waals surface area contributed by atoms with Gasteiger partial charge in [-0.25, -0.2) is 15.0 Å². The van der Waals surface area contributed by atoms with Gasteiger partial charge in [0.15, 0.2) is 0 Å². The zero-order valence-electron chi connectivity index (χ0n) is 22.5. The summed E-state index contributed by atoms with van der Waals surface area (Å²) in [5.41, 5.74) is 5.15. The molecule has 8 nitrogen and oxygen atoms in total. The van der Waals surface area contributed by atoms with Gasteiger partial charge in [-0.15, -0.1) is 11.3 Å². The number of nitrogens with one attached hydrogen (secondary N) is 2. The highest BCUT2D eigenvalue weighted by Gasteiger charge is 2.20. The Hall–Kier alpha value is -3.43. The molecule has 1 aliphatic rings. The highest BCUT2D eigenvalue weighted by Crippen LogP contribution is 2.27. The molecule has 1 amide bonds. The maximum atomic E-state index is 12.7. The normalized spacial score (nSPS) is 14.5. The van der Waals surface area contributed by atoms with Gasteiger partial charge in [0, 0.05) is 36.3 Å². The van der Waals surface area contributed by atoms with E-state index >= 15 is 0 Å². The fourth-order valence-corrected chi connectivity index (χ4v) is 5.50. The Kier molecular flexibility index (Phi) is 7.67. The van der Waals surface area contributed by atoms with E-state index in [1.165, 1.54) is 11.3 Å². The molecule has 0 bridgehead atoms. The molecule has 3 aromatic heterocycles. The second kappa shape index (κ2) is 11.1. The monoisotopic (exact) mass is 529 g/mol. The zero-order chi connectivity index (χ0) is 26.7. The minimum atomic E-state index is -0.0922. The number of piperidine rings is 1. The Morgan fingerprint density at radius 1 is 1.16 bits per heavy atom. The van der Waals surface area contributed by atoms with Crippen molar-refractivity contribution in [3.05, 3.63) is 81.5 Å². The van der Waals surface area contributed by atoms with Gasteiger partial charge >= 0.3 is 0 Å². The summed E-state index contributed by atoms with van der Waals surface area (Å²) < 4.78 is 2.10. The number of aryl methyl sites for hydroxylation is 1. The third-order valence-electron chi connectivity index (χ3n) is 6.85. The summed E-state index contributed by atoms with van der Waals surface area (Å²) in [5.74, 6) is 0.686. The summed E-state index contributed by atoms with van der Waals surface area (Å²) in [6.45, 7) is 10.9. The average Bonchev–Trinajstić information content (AvgIpc) is 3.59. The van der Waals surface area contributed by atoms with E-state index in [9.17, 15) is 4.79 Å². The third kappa shape index (κ3) is 6.16. The number of aromatic nitrogens is 5. The lowest BCUT2D eigenvalue weighted by atomic mass is 9.98. The Labute approximate surface area is 228 Å². The van der Waals surface area contributed by atoms with Crippen LogP contribution in [-0.2, 0) is 18.4 Å². The summed E-state index contributed by atoms with van der Waals surface area (Å²) in [6.07, 6.45) is 10.4. The second-order valence-electron chi connectivity index (χ2n) is 10.9. The number of carbonyl (C=O) groups is 1. The topological polar surface area (TPSA) is 97.6 Å². The van der Waals surface area contributed by atoms with Crippen LogP contribution in [0.3, 0.4) is 0 Å². The summed E-state index contributed by atoms with van der Waals surface area (Å²) in [4.78, 5) is 27.1. The van der Waals surface area contributed by atoms with Crippen LogP contribution in [0, 0.1) is 6.92 Å². The molecular formula is C29H35N7OS. The number of benzene rings is 1. The molecule has 0 radical (unpaired) electrons. The molecule has 198 valence electrons. The molecule has 1 aromatic carbocycles. The molecule has 4 heterocycles. The van der Waals surface area contributed by atoms with Crippen LogP contribution < -0.4 is 10.6 Å². The largest absolute Gasteiger partial charge is 0.347 e. The first-order valence-electron chi connectivity index (χ1n) is 13.2. The molecule has 1 aliphatic heterocycles. The average molecular weight is 530 g/mol. The van der Waals surface area contributed by atoms with Gasteiger partial charge in [0.05, 0.1) is 29.1 Å². The number of thiazole rings is 1. The van der Waals surface area contributed by atoms with Crippen molar-refractivity contribution < 1.29 is 4.79 Å². The molecule has 0 aliphatic carbocycles. The number of amides is 1. The van der Waals surface area contributed by atoms with Gasteiger partial charge in [0.2, 0.25) is 0 Å². The van der Waals surface area contributed by atoms with Gasteiger partial charge in [-0.05, 0) is 61.7 Å². The minimum absolute atomic E-state index is 0.0642. The number of rotatable bonds is 7. The molecule has 1 fully saturated rings. The number of hydrogen-bond donors (Lipinski definition) is 2. The van der Waals surface area contributed by atoms with E-state index in [1.807, 2.05) is 18.5 Å². The molecule has 1 saturated heterocycles. The quantitative estimate of drug-likeness (QED) is 0.355. The molecular weight excluding hydrogens is 494 g/mol. The Bertz CT molecular complexity index is 1410. The standard InChI is InChI=1S/C29H35N7OS/c1-19-13-21(5-6-22(19)16-32-27(37)25-17-33-28(38-25)29(2,3)4)24-9-12-31-26(35-24)14-20-15-34-36(18-20)23-7-10-30-11-8-23/h5-6,9,12-13,15,17-18,23,30H,7-8,10-11,14,16H2,1-4H3,(H,32,37). The summed E-state index contributed by atoms with van der Waals surface area (Å²) in [7, 11) is 0. The van der Waals surface area contributed by atoms with E-state index in [0.29, 0.717) is 23.9 Å². The van der Waals surface area contributed by atoms with E-state index < -0.39 is 0 Å². The molecule has 38 heavy (non-hydrogen) atoms. The number of nitrogens with zero attached hydrogens (tertiary/aromatic N) is 5. The smallest absolute Gasteiger partial charge is 0.263 e. The Balaban J connectivity index is 1.22. The van der Waals surface area contributed by atoms with E-state index in [4.69, 9.17) is 4.98 Å². The summed E-state index contributed by atoms with van der Waals surface area (Å²) in [5, 5.41) is 12.0. The van der Waals surface area contributed by atoms with Gasteiger partial charge in [-0.1, -0.05) is 32.9 Å². The van der Waals surface area contributed by atoms with Gasteiger partial charge in [0.25, 0.3) is 5.91 Å². The first-order chi connectivity index (χ1) is 18.3. The Morgan fingerprint density at radius 2 is 1.97 bits per heavy atom. The van der Waals surface area contributed by atoms with Crippen molar-refractivity contribution in [3.63, 3.8) is 0 Å². The van der Waals surface area contributed by atoms with Crippen LogP contribution in [0.25, 0.3) is 11.3 Å². The van der Waals surface area contributed by atoms with Crippen molar-refractivity contribution in [1.29, 1.82) is 0 Å². The predicted molar refractivity (Wildman–Crippen MR) is 150 cm³/mol. The van der Waals surface area contributed by atoms with Crippen molar-refractivity contribution >= 4 is 17.2 Å². The van der Waals surface area contributed by atoms with E-state index in [1.54, 1.807) is 6.20 Å². The van der Waals surface area contributed by atoms with Crippen molar-refractivity contribution in [1.82, 2.24) is 35.4 Å². The maximum absolute atomic E-state index is 12.7. The van der Waals surface area contributed by atoms with Gasteiger partial charge < -0.3 is 10.6 Å². The summed E-state index contributed by atoms with van der Waals surface area (Å²) in [6, 6.07) is 8.64. The van der Waals surface area contributed by atoms with Gasteiger partial charge in [-0.2, -0.15) is 5.10 Å². The van der Waals surface area contributed by atoms with Crippen LogP contribution in [-0.4, -0.2) is 43.7 Å². The van der Waals surface area contributed by atoms with Crippen LogP contribution in [0.15, 0.2) is 49.1 Å². The van der Waals surface area contributed by atoms with Gasteiger partial charge in [-0.3, -0.25) is 9.48 Å². The summed E-state index contributed by atoms with van der Waals surface area (Å²) >= 11 is 1.45. The lowest BCUT2D eigenvalue weighted by molar-refractivity contribution is 0.0954. The van der Waals surface area contributed by atoms with E-state index in [2.05, 4.69) is 82.5 Å². The highest BCUT2D eigenvalue weighted by molar-refractivity contribution is 7.13. The molecule has 0 spiro atoms. The van der Waals surface area contributed by atoms with Crippen LogP contribution in [0.5, 0.6) is 0 Å². The van der Waals surface area contributed by atoms with Crippen molar-refractivity contribution in [3.8, 4) is 11.3 Å². The molecule has 0 saturated carbocycles.